The van der Waals surface area contributed by atoms with E-state index in [2.05, 4.69) is 0 Å². The van der Waals surface area contributed by atoms with Crippen molar-refractivity contribution in [2.24, 2.45) is 5.41 Å². The third kappa shape index (κ3) is 4.75. The molecule has 1 unspecified atom stereocenters. The normalized spacial score (nSPS) is 14.9. The zero-order chi connectivity index (χ0) is 13.7. The van der Waals surface area contributed by atoms with E-state index in [0.717, 1.165) is 6.42 Å². The van der Waals surface area contributed by atoms with Crippen LogP contribution in [0.25, 0.3) is 0 Å². The molecule has 4 nitrogen and oxygen atoms in total. The van der Waals surface area contributed by atoms with Crippen LogP contribution < -0.4 is 0 Å². The van der Waals surface area contributed by atoms with Crippen LogP contribution >= 0.6 is 0 Å². The van der Waals surface area contributed by atoms with Crippen LogP contribution in [0.3, 0.4) is 0 Å². The van der Waals surface area contributed by atoms with Gasteiger partial charge >= 0.3 is 11.9 Å². The summed E-state index contributed by atoms with van der Waals surface area (Å²) in [6.07, 6.45) is 1.15. The molecule has 0 aliphatic heterocycles. The van der Waals surface area contributed by atoms with Gasteiger partial charge < -0.3 is 9.47 Å². The second-order valence-corrected chi connectivity index (χ2v) is 5.36. The number of ether oxygens (including phenoxy) is 2. The smallest absolute Gasteiger partial charge is 0.350 e. The molecule has 0 bridgehead atoms. The third-order valence-corrected chi connectivity index (χ3v) is 2.47. The van der Waals surface area contributed by atoms with E-state index in [9.17, 15) is 9.59 Å². The van der Waals surface area contributed by atoms with E-state index in [4.69, 9.17) is 9.47 Å². The molecule has 0 aliphatic carbocycles. The molecule has 0 amide bonds. The Morgan fingerprint density at radius 1 is 1.00 bits per heavy atom. The second kappa shape index (κ2) is 6.03. The monoisotopic (exact) mass is 244 g/mol. The topological polar surface area (TPSA) is 52.6 Å². The van der Waals surface area contributed by atoms with Crippen molar-refractivity contribution in [3.8, 4) is 0 Å². The van der Waals surface area contributed by atoms with Gasteiger partial charge in [0.05, 0.1) is 12.0 Å². The summed E-state index contributed by atoms with van der Waals surface area (Å²) < 4.78 is 10.3. The van der Waals surface area contributed by atoms with Gasteiger partial charge in [-0.05, 0) is 40.5 Å². The molecule has 0 radical (unpaired) electrons. The summed E-state index contributed by atoms with van der Waals surface area (Å²) in [5.74, 6) is -0.866. The average molecular weight is 244 g/mol. The minimum Gasteiger partial charge on any atom is -0.463 e. The Hall–Kier alpha value is -1.06. The first-order valence-electron chi connectivity index (χ1n) is 6.08. The summed E-state index contributed by atoms with van der Waals surface area (Å²) in [5.41, 5.74) is -1.80. The van der Waals surface area contributed by atoms with Crippen LogP contribution in [0.1, 0.15) is 54.4 Å². The van der Waals surface area contributed by atoms with E-state index in [-0.39, 0.29) is 0 Å². The van der Waals surface area contributed by atoms with E-state index in [1.54, 1.807) is 34.6 Å². The lowest BCUT2D eigenvalue weighted by molar-refractivity contribution is -0.186. The number of hydrogen-bond donors (Lipinski definition) is 0. The van der Waals surface area contributed by atoms with Crippen molar-refractivity contribution in [2.45, 2.75) is 60.0 Å². The molecule has 4 heteroatoms. The molecule has 0 saturated carbocycles. The Kier molecular flexibility index (Phi) is 5.66. The molecule has 0 aromatic heterocycles. The Bertz CT molecular complexity index is 278. The maximum atomic E-state index is 11.8. The first kappa shape index (κ1) is 15.9. The largest absolute Gasteiger partial charge is 0.463 e. The molecule has 100 valence electrons. The zero-order valence-electron chi connectivity index (χ0n) is 11.8. The fourth-order valence-corrected chi connectivity index (χ4v) is 0.963. The van der Waals surface area contributed by atoms with Crippen molar-refractivity contribution in [2.75, 3.05) is 6.61 Å². The van der Waals surface area contributed by atoms with E-state index in [1.165, 1.54) is 0 Å². The summed E-state index contributed by atoms with van der Waals surface area (Å²) in [6.45, 7) is 10.9. The molecule has 17 heavy (non-hydrogen) atoms. The standard InChI is InChI=1S/C13H24O4/c1-7-9-16-11(15)13(6,8-2)17-10(14)12(3,4)5/h7-9H2,1-6H3. The Morgan fingerprint density at radius 2 is 1.53 bits per heavy atom. The molecule has 0 spiro atoms. The fourth-order valence-electron chi connectivity index (χ4n) is 0.963. The molecule has 0 aromatic rings. The molecule has 0 saturated heterocycles. The number of hydrogen-bond acceptors (Lipinski definition) is 4. The molecule has 0 N–H and O–H groups in total. The first-order valence-corrected chi connectivity index (χ1v) is 6.08. The lowest BCUT2D eigenvalue weighted by atomic mass is 9.96. The van der Waals surface area contributed by atoms with Crippen molar-refractivity contribution in [3.63, 3.8) is 0 Å². The van der Waals surface area contributed by atoms with Crippen LogP contribution in [0.15, 0.2) is 0 Å². The van der Waals surface area contributed by atoms with Gasteiger partial charge in [0.1, 0.15) is 0 Å². The maximum Gasteiger partial charge on any atom is 0.350 e. The van der Waals surface area contributed by atoms with Gasteiger partial charge in [-0.2, -0.15) is 0 Å². The molecule has 1 atom stereocenters. The number of esters is 2. The van der Waals surface area contributed by atoms with E-state index in [1.807, 2.05) is 6.92 Å². The minimum absolute atomic E-state index is 0.349. The highest BCUT2D eigenvalue weighted by Crippen LogP contribution is 2.24. The van der Waals surface area contributed by atoms with Crippen molar-refractivity contribution >= 4 is 11.9 Å². The number of carbonyl (C=O) groups is 2. The van der Waals surface area contributed by atoms with Crippen LogP contribution in [-0.2, 0) is 19.1 Å². The predicted molar refractivity (Wildman–Crippen MR) is 65.5 cm³/mol. The quantitative estimate of drug-likeness (QED) is 0.698. The van der Waals surface area contributed by atoms with Crippen LogP contribution in [-0.4, -0.2) is 24.1 Å². The van der Waals surface area contributed by atoms with Crippen LogP contribution in [0.4, 0.5) is 0 Å². The minimum atomic E-state index is -1.18. The number of carbonyl (C=O) groups excluding carboxylic acids is 2. The fraction of sp³-hybridized carbons (Fsp3) is 0.846. The van der Waals surface area contributed by atoms with Crippen molar-refractivity contribution in [1.29, 1.82) is 0 Å². The lowest BCUT2D eigenvalue weighted by Gasteiger charge is -2.29. The Balaban J connectivity index is 4.68. The van der Waals surface area contributed by atoms with Crippen LogP contribution in [0.2, 0.25) is 0 Å². The van der Waals surface area contributed by atoms with Crippen LogP contribution in [0, 0.1) is 5.41 Å². The van der Waals surface area contributed by atoms with Gasteiger partial charge in [-0.3, -0.25) is 4.79 Å². The van der Waals surface area contributed by atoms with Gasteiger partial charge in [-0.15, -0.1) is 0 Å². The SMILES string of the molecule is CCCOC(=O)C(C)(CC)OC(=O)C(C)(C)C. The van der Waals surface area contributed by atoms with Gasteiger partial charge in [0.2, 0.25) is 5.60 Å². The van der Waals surface area contributed by atoms with Crippen molar-refractivity contribution in [1.82, 2.24) is 0 Å². The molecule has 0 rings (SSSR count). The summed E-state index contributed by atoms with van der Waals surface area (Å²) in [7, 11) is 0. The molecular formula is C13H24O4. The van der Waals surface area contributed by atoms with Gasteiger partial charge in [-0.1, -0.05) is 13.8 Å². The first-order chi connectivity index (χ1) is 7.67. The predicted octanol–water partition coefficient (Wildman–Crippen LogP) is 2.70. The summed E-state index contributed by atoms with van der Waals surface area (Å²) in [4.78, 5) is 23.6. The third-order valence-electron chi connectivity index (χ3n) is 2.47. The lowest BCUT2D eigenvalue weighted by Crippen LogP contribution is -2.44. The molecule has 0 aliphatic rings. The maximum absolute atomic E-state index is 11.8. The molecular weight excluding hydrogens is 220 g/mol. The van der Waals surface area contributed by atoms with E-state index >= 15 is 0 Å². The van der Waals surface area contributed by atoms with Crippen molar-refractivity contribution in [3.05, 3.63) is 0 Å². The van der Waals surface area contributed by atoms with Gasteiger partial charge in [0.25, 0.3) is 0 Å². The second-order valence-electron chi connectivity index (χ2n) is 5.36. The number of rotatable bonds is 5. The summed E-state index contributed by atoms with van der Waals surface area (Å²) in [6, 6.07) is 0. The molecule has 0 heterocycles. The molecule has 0 aromatic carbocycles. The highest BCUT2D eigenvalue weighted by atomic mass is 16.6. The van der Waals surface area contributed by atoms with Gasteiger partial charge in [0, 0.05) is 0 Å². The molecule has 0 fully saturated rings. The van der Waals surface area contributed by atoms with E-state index in [0.29, 0.717) is 13.0 Å². The zero-order valence-corrected chi connectivity index (χ0v) is 11.8. The summed E-state index contributed by atoms with van der Waals surface area (Å²) >= 11 is 0. The van der Waals surface area contributed by atoms with Gasteiger partial charge in [-0.25, -0.2) is 4.79 Å². The van der Waals surface area contributed by atoms with Crippen LogP contribution in [0.5, 0.6) is 0 Å². The Labute approximate surface area is 104 Å². The van der Waals surface area contributed by atoms with E-state index < -0.39 is 23.0 Å². The van der Waals surface area contributed by atoms with Crippen molar-refractivity contribution < 1.29 is 19.1 Å². The highest BCUT2D eigenvalue weighted by Gasteiger charge is 2.40. The Morgan fingerprint density at radius 3 is 1.88 bits per heavy atom. The summed E-state index contributed by atoms with van der Waals surface area (Å²) in [5, 5.41) is 0. The van der Waals surface area contributed by atoms with Gasteiger partial charge in [0.15, 0.2) is 0 Å². The average Bonchev–Trinajstić information content (AvgIpc) is 2.24. The highest BCUT2D eigenvalue weighted by molar-refractivity contribution is 5.84.